The molecule has 4 aromatic rings. The summed E-state index contributed by atoms with van der Waals surface area (Å²) >= 11 is 3.48. The molecule has 8 heteroatoms. The van der Waals surface area contributed by atoms with Crippen molar-refractivity contribution in [2.45, 2.75) is 0 Å². The minimum Gasteiger partial charge on any atom is -0.496 e. The van der Waals surface area contributed by atoms with Crippen molar-refractivity contribution < 1.29 is 14.6 Å². The van der Waals surface area contributed by atoms with Crippen LogP contribution in [-0.4, -0.2) is 33.0 Å². The fourth-order valence-electron chi connectivity index (χ4n) is 3.00. The number of nitrogen functional groups attached to an aromatic ring is 1. The van der Waals surface area contributed by atoms with Crippen LogP contribution in [0.1, 0.15) is 10.4 Å². The van der Waals surface area contributed by atoms with Gasteiger partial charge in [0.05, 0.1) is 17.3 Å². The number of carboxylic acid groups (broad SMARTS) is 1. The van der Waals surface area contributed by atoms with Gasteiger partial charge in [-0.1, -0.05) is 18.2 Å². The lowest BCUT2D eigenvalue weighted by Crippen LogP contribution is -2.06. The third-order valence-corrected chi connectivity index (χ3v) is 4.96. The molecule has 0 amide bonds. The summed E-state index contributed by atoms with van der Waals surface area (Å²) in [5, 5.41) is 14.8. The number of nitrogens with zero attached hydrogens (tertiary/aromatic N) is 3. The van der Waals surface area contributed by atoms with E-state index in [4.69, 9.17) is 15.6 Å². The van der Waals surface area contributed by atoms with Gasteiger partial charge in [-0.3, -0.25) is 0 Å². The number of carbonyl (C=O) groups is 1. The van der Waals surface area contributed by atoms with E-state index < -0.39 is 5.97 Å². The Balaban J connectivity index is 2.04. The van der Waals surface area contributed by atoms with E-state index in [9.17, 15) is 9.90 Å². The number of rotatable bonds is 4. The topological polar surface area (TPSA) is 103 Å². The molecule has 28 heavy (non-hydrogen) atoms. The number of hydrogen-bond acceptors (Lipinski definition) is 5. The van der Waals surface area contributed by atoms with Crippen LogP contribution in [0, 0.1) is 0 Å². The van der Waals surface area contributed by atoms with Crippen molar-refractivity contribution >= 4 is 38.8 Å². The molecule has 0 spiro atoms. The molecule has 0 bridgehead atoms. The van der Waals surface area contributed by atoms with Crippen molar-refractivity contribution in [1.82, 2.24) is 14.8 Å². The summed E-state index contributed by atoms with van der Waals surface area (Å²) in [5.74, 6) is -0.509. The largest absolute Gasteiger partial charge is 0.496 e. The van der Waals surface area contributed by atoms with E-state index in [1.54, 1.807) is 11.8 Å². The molecule has 0 saturated carbocycles. The lowest BCUT2D eigenvalue weighted by Gasteiger charge is -2.05. The summed E-state index contributed by atoms with van der Waals surface area (Å²) in [5.41, 5.74) is 8.48. The highest BCUT2D eigenvalue weighted by atomic mass is 79.9. The highest BCUT2D eigenvalue weighted by Gasteiger charge is 2.20. The molecule has 2 aromatic heterocycles. The number of hydrogen-bond donors (Lipinski definition) is 2. The zero-order valence-electron chi connectivity index (χ0n) is 14.8. The molecule has 7 nitrogen and oxygen atoms in total. The number of ether oxygens (including phenoxy) is 1. The minimum absolute atomic E-state index is 0.0560. The first-order valence-corrected chi connectivity index (χ1v) is 9.10. The number of para-hydroxylation sites is 1. The van der Waals surface area contributed by atoms with Gasteiger partial charge in [0.2, 0.25) is 0 Å². The Hall–Kier alpha value is -3.39. The maximum Gasteiger partial charge on any atom is 0.339 e. The summed E-state index contributed by atoms with van der Waals surface area (Å²) in [4.78, 5) is 15.9. The lowest BCUT2D eigenvalue weighted by molar-refractivity contribution is 0.0698. The molecule has 0 radical (unpaired) electrons. The maximum atomic E-state index is 11.6. The number of nitrogens with two attached hydrogens (primary N) is 1. The molecule has 2 heterocycles. The molecule has 3 N–H and O–H groups in total. The van der Waals surface area contributed by atoms with Gasteiger partial charge in [-0.25, -0.2) is 14.5 Å². The second-order valence-electron chi connectivity index (χ2n) is 6.04. The van der Waals surface area contributed by atoms with Gasteiger partial charge in [0.15, 0.2) is 5.65 Å². The summed E-state index contributed by atoms with van der Waals surface area (Å²) in [6.45, 7) is 0. The van der Waals surface area contributed by atoms with E-state index in [-0.39, 0.29) is 11.4 Å². The van der Waals surface area contributed by atoms with Crippen molar-refractivity contribution in [2.75, 3.05) is 12.8 Å². The third kappa shape index (κ3) is 2.97. The maximum absolute atomic E-state index is 11.6. The Kier molecular flexibility index (Phi) is 4.48. The molecule has 0 saturated heterocycles. The van der Waals surface area contributed by atoms with Gasteiger partial charge in [0, 0.05) is 10.9 Å². The van der Waals surface area contributed by atoms with Crippen LogP contribution in [0.15, 0.2) is 59.1 Å². The van der Waals surface area contributed by atoms with Crippen LogP contribution in [0.5, 0.6) is 5.75 Å². The molecule has 4 rings (SSSR count). The summed E-state index contributed by atoms with van der Waals surface area (Å²) in [7, 11) is 1.59. The van der Waals surface area contributed by atoms with Gasteiger partial charge >= 0.3 is 5.97 Å². The van der Waals surface area contributed by atoms with Crippen LogP contribution in [0.4, 0.5) is 5.82 Å². The summed E-state index contributed by atoms with van der Waals surface area (Å²) in [6, 6.07) is 16.5. The Bertz CT molecular complexity index is 1210. The Labute approximate surface area is 168 Å². The normalized spacial score (nSPS) is 10.9. The first kappa shape index (κ1) is 18.0. The third-order valence-electron chi connectivity index (χ3n) is 4.34. The minimum atomic E-state index is -1.14. The van der Waals surface area contributed by atoms with Crippen molar-refractivity contribution in [2.24, 2.45) is 0 Å². The summed E-state index contributed by atoms with van der Waals surface area (Å²) < 4.78 is 7.70. The van der Waals surface area contributed by atoms with Crippen molar-refractivity contribution in [3.8, 4) is 22.7 Å². The number of aromatic nitrogens is 3. The highest BCUT2D eigenvalue weighted by molar-refractivity contribution is 9.10. The number of pyridine rings is 1. The van der Waals surface area contributed by atoms with Crippen molar-refractivity contribution in [1.29, 1.82) is 0 Å². The quantitative estimate of drug-likeness (QED) is 0.496. The van der Waals surface area contributed by atoms with E-state index >= 15 is 0 Å². The van der Waals surface area contributed by atoms with Gasteiger partial charge in [-0.05, 0) is 52.3 Å². The van der Waals surface area contributed by atoms with Crippen LogP contribution < -0.4 is 10.5 Å². The molecular weight excluding hydrogens is 424 g/mol. The lowest BCUT2D eigenvalue weighted by atomic mass is 10.1. The number of fused-ring (bicyclic) bond motifs is 1. The standard InChI is InChI=1S/C20H15BrN4O3/c1-28-16-8-7-11(9-15(16)21)17-13-10-14(20(26)27)18(22)23-19(13)25(24-17)12-5-3-2-4-6-12/h2-10H,1H3,(H2,22,23)(H,26,27). The zero-order valence-corrected chi connectivity index (χ0v) is 16.3. The molecule has 2 aromatic carbocycles. The SMILES string of the molecule is COc1ccc(-c2nn(-c3ccccc3)c3nc(N)c(C(=O)O)cc23)cc1Br. The molecule has 0 aliphatic rings. The number of benzene rings is 2. The van der Waals surface area contributed by atoms with Crippen LogP contribution in [0.25, 0.3) is 28.0 Å². The van der Waals surface area contributed by atoms with Gasteiger partial charge < -0.3 is 15.6 Å². The van der Waals surface area contributed by atoms with Gasteiger partial charge in [-0.15, -0.1) is 0 Å². The predicted octanol–water partition coefficient (Wildman–Crippen LogP) is 4.14. The number of halogens is 1. The van der Waals surface area contributed by atoms with Crippen molar-refractivity contribution in [3.05, 3.63) is 64.6 Å². The van der Waals surface area contributed by atoms with Gasteiger partial charge in [0.25, 0.3) is 0 Å². The fraction of sp³-hybridized carbons (Fsp3) is 0.0500. The highest BCUT2D eigenvalue weighted by Crippen LogP contribution is 2.35. The Morgan fingerprint density at radius 3 is 2.57 bits per heavy atom. The fourth-order valence-corrected chi connectivity index (χ4v) is 3.54. The second-order valence-corrected chi connectivity index (χ2v) is 6.90. The van der Waals surface area contributed by atoms with E-state index in [1.807, 2.05) is 48.5 Å². The molecule has 140 valence electrons. The Morgan fingerprint density at radius 2 is 1.93 bits per heavy atom. The molecule has 0 aliphatic heterocycles. The first-order valence-electron chi connectivity index (χ1n) is 8.31. The van der Waals surface area contributed by atoms with Crippen molar-refractivity contribution in [3.63, 3.8) is 0 Å². The molecule has 0 atom stereocenters. The van der Waals surface area contributed by atoms with E-state index in [2.05, 4.69) is 20.9 Å². The molecule has 0 unspecified atom stereocenters. The van der Waals surface area contributed by atoms with Crippen LogP contribution in [-0.2, 0) is 0 Å². The first-order chi connectivity index (χ1) is 13.5. The van der Waals surface area contributed by atoms with Crippen LogP contribution in [0.3, 0.4) is 0 Å². The smallest absolute Gasteiger partial charge is 0.339 e. The zero-order chi connectivity index (χ0) is 19.8. The van der Waals surface area contributed by atoms with E-state index in [1.165, 1.54) is 6.07 Å². The molecular formula is C20H15BrN4O3. The van der Waals surface area contributed by atoms with Crippen LogP contribution >= 0.6 is 15.9 Å². The average Bonchev–Trinajstić information content (AvgIpc) is 3.06. The Morgan fingerprint density at radius 1 is 1.18 bits per heavy atom. The van der Waals surface area contributed by atoms with E-state index in [0.717, 1.165) is 15.7 Å². The monoisotopic (exact) mass is 438 g/mol. The van der Waals surface area contributed by atoms with E-state index in [0.29, 0.717) is 22.5 Å². The molecule has 0 aliphatic carbocycles. The summed E-state index contributed by atoms with van der Waals surface area (Å²) in [6.07, 6.45) is 0. The van der Waals surface area contributed by atoms with Crippen LogP contribution in [0.2, 0.25) is 0 Å². The average molecular weight is 439 g/mol. The van der Waals surface area contributed by atoms with Gasteiger partial charge in [0.1, 0.15) is 22.8 Å². The number of aromatic carboxylic acids is 1. The second kappa shape index (κ2) is 6.97. The number of methoxy groups -OCH3 is 1. The predicted molar refractivity (Wildman–Crippen MR) is 110 cm³/mol. The van der Waals surface area contributed by atoms with Gasteiger partial charge in [-0.2, -0.15) is 5.10 Å². The number of carboxylic acids is 1. The number of anilines is 1. The molecule has 0 fully saturated rings.